The summed E-state index contributed by atoms with van der Waals surface area (Å²) < 4.78 is 32.6. The Balaban J connectivity index is 2.42. The van der Waals surface area contributed by atoms with E-state index in [2.05, 4.69) is 47.3 Å². The Labute approximate surface area is 123 Å². The highest BCUT2D eigenvalue weighted by Gasteiger charge is 2.16. The molecular formula is C10H6Br2F2N4O. The van der Waals surface area contributed by atoms with Crippen LogP contribution in [-0.2, 0) is 0 Å². The average Bonchev–Trinajstić information content (AvgIpc) is 2.37. The van der Waals surface area contributed by atoms with Crippen molar-refractivity contribution >= 4 is 37.7 Å². The van der Waals surface area contributed by atoms with Gasteiger partial charge in [0.1, 0.15) is 10.8 Å². The highest BCUT2D eigenvalue weighted by Crippen LogP contribution is 2.34. The molecule has 0 amide bonds. The average molecular weight is 396 g/mol. The third-order valence-corrected chi connectivity index (χ3v) is 3.23. The van der Waals surface area contributed by atoms with Crippen LogP contribution in [0.15, 0.2) is 27.4 Å². The van der Waals surface area contributed by atoms with Crippen molar-refractivity contribution in [1.82, 2.24) is 9.97 Å². The molecule has 2 rings (SSSR count). The Morgan fingerprint density at radius 3 is 2.63 bits per heavy atom. The summed E-state index contributed by atoms with van der Waals surface area (Å²) in [6, 6.07) is 2.27. The van der Waals surface area contributed by atoms with E-state index < -0.39 is 11.6 Å². The molecule has 0 bridgehead atoms. The van der Waals surface area contributed by atoms with Gasteiger partial charge in [0.25, 0.3) is 0 Å². The SMILES string of the molecule is NNc1ncnc(Oc2cc(Br)cc(F)c2F)c1Br. The molecule has 9 heteroatoms. The number of anilines is 1. The van der Waals surface area contributed by atoms with Gasteiger partial charge in [-0.25, -0.2) is 20.2 Å². The topological polar surface area (TPSA) is 73.1 Å². The maximum Gasteiger partial charge on any atom is 0.239 e. The van der Waals surface area contributed by atoms with Gasteiger partial charge >= 0.3 is 0 Å². The van der Waals surface area contributed by atoms with Gasteiger partial charge in [-0.3, -0.25) is 0 Å². The molecule has 0 saturated heterocycles. The van der Waals surface area contributed by atoms with Gasteiger partial charge in [-0.2, -0.15) is 4.39 Å². The van der Waals surface area contributed by atoms with Crippen LogP contribution in [0.4, 0.5) is 14.6 Å². The van der Waals surface area contributed by atoms with Gasteiger partial charge in [-0.1, -0.05) is 15.9 Å². The summed E-state index contributed by atoms with van der Waals surface area (Å²) in [6.07, 6.45) is 1.17. The number of rotatable bonds is 3. The van der Waals surface area contributed by atoms with Gasteiger partial charge in [0.2, 0.25) is 11.7 Å². The molecule has 2 aromatic rings. The van der Waals surface area contributed by atoms with Crippen molar-refractivity contribution < 1.29 is 13.5 Å². The molecule has 0 aliphatic carbocycles. The van der Waals surface area contributed by atoms with Crippen LogP contribution in [0.2, 0.25) is 0 Å². The number of nitrogens with one attached hydrogen (secondary N) is 1. The van der Waals surface area contributed by atoms with Crippen LogP contribution in [0.3, 0.4) is 0 Å². The first-order valence-electron chi connectivity index (χ1n) is 4.82. The summed E-state index contributed by atoms with van der Waals surface area (Å²) in [5, 5.41) is 0. The molecule has 1 aromatic heterocycles. The normalized spacial score (nSPS) is 10.4. The van der Waals surface area contributed by atoms with Crippen molar-refractivity contribution in [2.45, 2.75) is 0 Å². The van der Waals surface area contributed by atoms with Gasteiger partial charge in [0.05, 0.1) is 0 Å². The first kappa shape index (κ1) is 14.1. The number of hydrazine groups is 1. The lowest BCUT2D eigenvalue weighted by molar-refractivity contribution is 0.402. The predicted molar refractivity (Wildman–Crippen MR) is 71.7 cm³/mol. The lowest BCUT2D eigenvalue weighted by atomic mass is 10.3. The smallest absolute Gasteiger partial charge is 0.239 e. The Hall–Kier alpha value is -1.32. The highest BCUT2D eigenvalue weighted by atomic mass is 79.9. The Morgan fingerprint density at radius 1 is 1.21 bits per heavy atom. The van der Waals surface area contributed by atoms with E-state index >= 15 is 0 Å². The van der Waals surface area contributed by atoms with Crippen LogP contribution in [0.25, 0.3) is 0 Å². The number of aromatic nitrogens is 2. The number of halogens is 4. The highest BCUT2D eigenvalue weighted by molar-refractivity contribution is 9.11. The predicted octanol–water partition coefficient (Wildman–Crippen LogP) is 3.36. The molecule has 1 heterocycles. The fourth-order valence-electron chi connectivity index (χ4n) is 1.24. The Morgan fingerprint density at radius 2 is 1.95 bits per heavy atom. The number of hydrogen-bond donors (Lipinski definition) is 2. The zero-order chi connectivity index (χ0) is 14.0. The maximum absolute atomic E-state index is 13.6. The van der Waals surface area contributed by atoms with E-state index in [1.165, 1.54) is 12.4 Å². The number of nitrogens with two attached hydrogens (primary N) is 1. The van der Waals surface area contributed by atoms with E-state index in [4.69, 9.17) is 10.6 Å². The summed E-state index contributed by atoms with van der Waals surface area (Å²) in [4.78, 5) is 7.61. The van der Waals surface area contributed by atoms with Crippen molar-refractivity contribution in [1.29, 1.82) is 0 Å². The van der Waals surface area contributed by atoms with Gasteiger partial charge in [-0.05, 0) is 28.1 Å². The van der Waals surface area contributed by atoms with Crippen molar-refractivity contribution in [3.63, 3.8) is 0 Å². The van der Waals surface area contributed by atoms with Crippen LogP contribution in [0.1, 0.15) is 0 Å². The summed E-state index contributed by atoms with van der Waals surface area (Å²) in [6.45, 7) is 0. The van der Waals surface area contributed by atoms with Crippen LogP contribution >= 0.6 is 31.9 Å². The van der Waals surface area contributed by atoms with Crippen molar-refractivity contribution in [2.24, 2.45) is 5.84 Å². The van der Waals surface area contributed by atoms with Crippen molar-refractivity contribution in [2.75, 3.05) is 5.43 Å². The molecular weight excluding hydrogens is 390 g/mol. The summed E-state index contributed by atoms with van der Waals surface area (Å²) in [5.74, 6) is 3.01. The van der Waals surface area contributed by atoms with Crippen molar-refractivity contribution in [3.05, 3.63) is 39.0 Å². The lowest BCUT2D eigenvalue weighted by Crippen LogP contribution is -2.10. The Bertz CT molecular complexity index is 627. The van der Waals surface area contributed by atoms with E-state index in [0.29, 0.717) is 4.47 Å². The minimum absolute atomic E-state index is 0.000602. The number of nitrogen functional groups attached to an aromatic ring is 1. The molecule has 0 fully saturated rings. The minimum Gasteiger partial charge on any atom is -0.434 e. The van der Waals surface area contributed by atoms with Gasteiger partial charge < -0.3 is 10.2 Å². The molecule has 3 N–H and O–H groups in total. The van der Waals surface area contributed by atoms with E-state index in [-0.39, 0.29) is 21.9 Å². The van der Waals surface area contributed by atoms with Crippen LogP contribution in [0, 0.1) is 11.6 Å². The van der Waals surface area contributed by atoms with Gasteiger partial charge in [-0.15, -0.1) is 0 Å². The lowest BCUT2D eigenvalue weighted by Gasteiger charge is -2.10. The molecule has 0 unspecified atom stereocenters. The molecule has 0 aliphatic rings. The molecule has 0 radical (unpaired) electrons. The number of hydrogen-bond acceptors (Lipinski definition) is 5. The summed E-state index contributed by atoms with van der Waals surface area (Å²) in [5.41, 5.74) is 2.30. The molecule has 5 nitrogen and oxygen atoms in total. The molecule has 0 aliphatic heterocycles. The van der Waals surface area contributed by atoms with E-state index in [1.54, 1.807) is 0 Å². The van der Waals surface area contributed by atoms with E-state index in [9.17, 15) is 8.78 Å². The second kappa shape index (κ2) is 5.76. The summed E-state index contributed by atoms with van der Waals surface area (Å²) in [7, 11) is 0. The minimum atomic E-state index is -1.11. The molecule has 0 atom stereocenters. The molecule has 1 aromatic carbocycles. The quantitative estimate of drug-likeness (QED) is 0.473. The zero-order valence-electron chi connectivity index (χ0n) is 9.12. The second-order valence-electron chi connectivity index (χ2n) is 3.29. The zero-order valence-corrected chi connectivity index (χ0v) is 12.3. The monoisotopic (exact) mass is 394 g/mol. The Kier molecular flexibility index (Phi) is 4.27. The molecule has 100 valence electrons. The standard InChI is InChI=1S/C10H6Br2F2N4O/c11-4-1-5(13)8(14)6(2-4)19-10-7(12)9(18-15)16-3-17-10/h1-3H,15H2,(H,16,17,18). The van der Waals surface area contributed by atoms with Crippen molar-refractivity contribution in [3.8, 4) is 11.6 Å². The third-order valence-electron chi connectivity index (χ3n) is 2.06. The maximum atomic E-state index is 13.6. The third kappa shape index (κ3) is 2.99. The van der Waals surface area contributed by atoms with Crippen LogP contribution in [-0.4, -0.2) is 9.97 Å². The van der Waals surface area contributed by atoms with Gasteiger partial charge in [0.15, 0.2) is 17.4 Å². The first-order chi connectivity index (χ1) is 9.02. The van der Waals surface area contributed by atoms with Crippen LogP contribution in [0.5, 0.6) is 11.6 Å². The fraction of sp³-hybridized carbons (Fsp3) is 0. The number of ether oxygens (including phenoxy) is 1. The van der Waals surface area contributed by atoms with E-state index in [1.807, 2.05) is 0 Å². The second-order valence-corrected chi connectivity index (χ2v) is 5.00. The molecule has 0 saturated carbocycles. The number of nitrogens with zero attached hydrogens (tertiary/aromatic N) is 2. The summed E-state index contributed by atoms with van der Waals surface area (Å²) >= 11 is 6.18. The fourth-order valence-corrected chi connectivity index (χ4v) is 2.05. The molecule has 19 heavy (non-hydrogen) atoms. The van der Waals surface area contributed by atoms with Gasteiger partial charge in [0, 0.05) is 4.47 Å². The van der Waals surface area contributed by atoms with E-state index in [0.717, 1.165) is 6.07 Å². The first-order valence-corrected chi connectivity index (χ1v) is 6.41. The van der Waals surface area contributed by atoms with Crippen LogP contribution < -0.4 is 16.0 Å². The largest absolute Gasteiger partial charge is 0.434 e. The number of benzene rings is 1. The molecule has 0 spiro atoms.